The molecule has 0 saturated heterocycles. The second kappa shape index (κ2) is 4.90. The Labute approximate surface area is 96.4 Å². The van der Waals surface area contributed by atoms with Gasteiger partial charge >= 0.3 is 0 Å². The predicted molar refractivity (Wildman–Crippen MR) is 66.7 cm³/mol. The lowest BCUT2D eigenvalue weighted by molar-refractivity contribution is 0.602. The molecule has 1 rings (SSSR count). The minimum atomic E-state index is -3.09. The molecule has 0 unspecified atom stereocenters. The van der Waals surface area contributed by atoms with Gasteiger partial charge in [-0.05, 0) is 24.3 Å². The first-order valence-corrected chi connectivity index (χ1v) is 7.09. The van der Waals surface area contributed by atoms with Crippen molar-refractivity contribution in [3.63, 3.8) is 0 Å². The maximum absolute atomic E-state index is 11.2. The third-order valence-electron chi connectivity index (χ3n) is 2.14. The molecule has 1 aromatic carbocycles. The van der Waals surface area contributed by atoms with Gasteiger partial charge in [-0.15, -0.1) is 0 Å². The summed E-state index contributed by atoms with van der Waals surface area (Å²) in [6, 6.07) is 6.86. The summed E-state index contributed by atoms with van der Waals surface area (Å²) in [5, 5.41) is 0. The number of nitrogens with zero attached hydrogens (tertiary/aromatic N) is 1. The van der Waals surface area contributed by atoms with Gasteiger partial charge in [0.2, 0.25) is 0 Å². The fraction of sp³-hybridized carbons (Fsp3) is 0.400. The van der Waals surface area contributed by atoms with Gasteiger partial charge in [0.15, 0.2) is 9.84 Å². The highest BCUT2D eigenvalue weighted by Gasteiger charge is 2.07. The molecule has 5 heteroatoms. The second-order valence-electron chi connectivity index (χ2n) is 3.41. The van der Waals surface area contributed by atoms with E-state index in [1.807, 2.05) is 11.9 Å². The average Bonchev–Trinajstić information content (AvgIpc) is 2.17. The van der Waals surface area contributed by atoms with Crippen LogP contribution in [0.2, 0.25) is 0 Å². The Kier molecular flexibility index (Phi) is 4.04. The summed E-state index contributed by atoms with van der Waals surface area (Å²) < 4.78 is 22.4. The zero-order chi connectivity index (χ0) is 11.5. The molecule has 0 N–H and O–H groups in total. The van der Waals surface area contributed by atoms with Crippen LogP contribution >= 0.6 is 12.6 Å². The molecule has 0 aliphatic heterocycles. The maximum atomic E-state index is 11.2. The van der Waals surface area contributed by atoms with E-state index in [1.165, 1.54) is 6.26 Å². The van der Waals surface area contributed by atoms with Gasteiger partial charge in [-0.3, -0.25) is 0 Å². The van der Waals surface area contributed by atoms with Crippen LogP contribution in [0.3, 0.4) is 0 Å². The van der Waals surface area contributed by atoms with E-state index in [9.17, 15) is 8.42 Å². The van der Waals surface area contributed by atoms with E-state index in [1.54, 1.807) is 24.3 Å². The molecule has 84 valence electrons. The minimum absolute atomic E-state index is 0.352. The minimum Gasteiger partial charge on any atom is -0.374 e. The van der Waals surface area contributed by atoms with Gasteiger partial charge in [0.1, 0.15) is 0 Å². The van der Waals surface area contributed by atoms with Crippen molar-refractivity contribution in [2.75, 3.05) is 30.5 Å². The Bertz CT molecular complexity index is 412. The van der Waals surface area contributed by atoms with Crippen molar-refractivity contribution in [2.45, 2.75) is 4.90 Å². The van der Waals surface area contributed by atoms with Crippen LogP contribution in [0.15, 0.2) is 29.2 Å². The highest BCUT2D eigenvalue weighted by molar-refractivity contribution is 7.90. The molecular weight excluding hydrogens is 230 g/mol. The van der Waals surface area contributed by atoms with E-state index in [0.717, 1.165) is 18.0 Å². The van der Waals surface area contributed by atoms with Crippen LogP contribution in [0.4, 0.5) is 5.69 Å². The molecule has 0 aromatic heterocycles. The van der Waals surface area contributed by atoms with Gasteiger partial charge in [-0.25, -0.2) is 8.42 Å². The molecule has 0 fully saturated rings. The van der Waals surface area contributed by atoms with Gasteiger partial charge in [-0.1, -0.05) is 0 Å². The molecule has 0 spiro atoms. The molecule has 1 aromatic rings. The van der Waals surface area contributed by atoms with Gasteiger partial charge in [0, 0.05) is 31.3 Å². The number of thiol groups is 1. The Morgan fingerprint density at radius 2 is 1.80 bits per heavy atom. The van der Waals surface area contributed by atoms with Crippen LogP contribution in [0.1, 0.15) is 0 Å². The van der Waals surface area contributed by atoms with Crippen molar-refractivity contribution in [3.8, 4) is 0 Å². The number of benzene rings is 1. The molecule has 0 radical (unpaired) electrons. The van der Waals surface area contributed by atoms with Crippen molar-refractivity contribution in [2.24, 2.45) is 0 Å². The summed E-state index contributed by atoms with van der Waals surface area (Å²) in [5.74, 6) is 0.768. The largest absolute Gasteiger partial charge is 0.374 e. The van der Waals surface area contributed by atoms with Crippen LogP contribution in [-0.4, -0.2) is 34.0 Å². The first kappa shape index (κ1) is 12.4. The van der Waals surface area contributed by atoms with Crippen LogP contribution in [0, 0.1) is 0 Å². The van der Waals surface area contributed by atoms with Crippen molar-refractivity contribution in [1.82, 2.24) is 0 Å². The first-order chi connectivity index (χ1) is 6.95. The Hall–Kier alpha value is -0.680. The topological polar surface area (TPSA) is 37.4 Å². The van der Waals surface area contributed by atoms with Gasteiger partial charge in [0.05, 0.1) is 4.90 Å². The molecule has 0 amide bonds. The van der Waals surface area contributed by atoms with Crippen LogP contribution < -0.4 is 4.90 Å². The monoisotopic (exact) mass is 245 g/mol. The van der Waals surface area contributed by atoms with Gasteiger partial charge in [-0.2, -0.15) is 12.6 Å². The lowest BCUT2D eigenvalue weighted by Crippen LogP contribution is -2.19. The number of hydrogen-bond donors (Lipinski definition) is 1. The molecule has 3 nitrogen and oxygen atoms in total. The van der Waals surface area contributed by atoms with Crippen LogP contribution in [0.5, 0.6) is 0 Å². The van der Waals surface area contributed by atoms with Crippen molar-refractivity contribution in [3.05, 3.63) is 24.3 Å². The summed E-state index contributed by atoms with van der Waals surface area (Å²) in [6.07, 6.45) is 1.21. The molecular formula is C10H15NO2S2. The molecule has 15 heavy (non-hydrogen) atoms. The third kappa shape index (κ3) is 3.43. The zero-order valence-electron chi connectivity index (χ0n) is 8.84. The zero-order valence-corrected chi connectivity index (χ0v) is 10.6. The Morgan fingerprint density at radius 3 is 2.20 bits per heavy atom. The maximum Gasteiger partial charge on any atom is 0.175 e. The van der Waals surface area contributed by atoms with Gasteiger partial charge in [0.25, 0.3) is 0 Å². The standard InChI is InChI=1S/C10H15NO2S2/c1-11(7-8-14)9-3-5-10(6-4-9)15(2,12)13/h3-6,14H,7-8H2,1-2H3. The molecule has 0 bridgehead atoms. The fourth-order valence-corrected chi connectivity index (χ4v) is 2.16. The SMILES string of the molecule is CN(CCS)c1ccc(S(C)(=O)=O)cc1. The van der Waals surface area contributed by atoms with Crippen molar-refractivity contribution < 1.29 is 8.42 Å². The van der Waals surface area contributed by atoms with E-state index in [2.05, 4.69) is 12.6 Å². The second-order valence-corrected chi connectivity index (χ2v) is 5.87. The molecule has 0 heterocycles. The van der Waals surface area contributed by atoms with E-state index in [-0.39, 0.29) is 0 Å². The van der Waals surface area contributed by atoms with Crippen LogP contribution in [0.25, 0.3) is 0 Å². The molecule has 0 saturated carbocycles. The third-order valence-corrected chi connectivity index (χ3v) is 3.47. The van der Waals surface area contributed by atoms with E-state index in [0.29, 0.717) is 4.90 Å². The lowest BCUT2D eigenvalue weighted by atomic mass is 10.3. The number of sulfone groups is 1. The predicted octanol–water partition coefficient (Wildman–Crippen LogP) is 1.46. The van der Waals surface area contributed by atoms with Gasteiger partial charge < -0.3 is 4.90 Å². The summed E-state index contributed by atoms with van der Waals surface area (Å²) in [7, 11) is -1.14. The van der Waals surface area contributed by atoms with Crippen molar-refractivity contribution >= 4 is 28.2 Å². The fourth-order valence-electron chi connectivity index (χ4n) is 1.23. The summed E-state index contributed by atoms with van der Waals surface area (Å²) in [4.78, 5) is 2.38. The average molecular weight is 245 g/mol. The van der Waals surface area contributed by atoms with E-state index in [4.69, 9.17) is 0 Å². The molecule has 0 aliphatic rings. The van der Waals surface area contributed by atoms with Crippen LogP contribution in [-0.2, 0) is 9.84 Å². The number of hydrogen-bond acceptors (Lipinski definition) is 4. The number of rotatable bonds is 4. The smallest absolute Gasteiger partial charge is 0.175 e. The summed E-state index contributed by atoms with van der Waals surface area (Å²) in [6.45, 7) is 0.835. The molecule has 0 atom stereocenters. The highest BCUT2D eigenvalue weighted by Crippen LogP contribution is 2.16. The Morgan fingerprint density at radius 1 is 1.27 bits per heavy atom. The summed E-state index contributed by atoms with van der Waals surface area (Å²) >= 11 is 4.14. The lowest BCUT2D eigenvalue weighted by Gasteiger charge is -2.18. The Balaban J connectivity index is 2.90. The van der Waals surface area contributed by atoms with Crippen molar-refractivity contribution in [1.29, 1.82) is 0 Å². The quantitative estimate of drug-likeness (QED) is 0.816. The molecule has 0 aliphatic carbocycles. The first-order valence-electron chi connectivity index (χ1n) is 4.57. The highest BCUT2D eigenvalue weighted by atomic mass is 32.2. The van der Waals surface area contributed by atoms with E-state index >= 15 is 0 Å². The number of anilines is 1. The van der Waals surface area contributed by atoms with E-state index < -0.39 is 9.84 Å². The normalized spacial score (nSPS) is 11.4. The summed E-state index contributed by atoms with van der Waals surface area (Å²) in [5.41, 5.74) is 0.997.